The summed E-state index contributed by atoms with van der Waals surface area (Å²) in [7, 11) is 3.27. The molecule has 1 aromatic rings. The van der Waals surface area contributed by atoms with Gasteiger partial charge in [-0.2, -0.15) is 0 Å². The second-order valence-corrected chi connectivity index (χ2v) is 3.87. The van der Waals surface area contributed by atoms with Gasteiger partial charge in [-0.3, -0.25) is 0 Å². The summed E-state index contributed by atoms with van der Waals surface area (Å²) in [6, 6.07) is 5.65. The number of ether oxygens (including phenoxy) is 2. The van der Waals surface area contributed by atoms with Crippen molar-refractivity contribution in [3.63, 3.8) is 0 Å². The normalized spacial score (nSPS) is 9.28. The predicted octanol–water partition coefficient (Wildman–Crippen LogP) is 4.31. The molecule has 3 nitrogen and oxygen atoms in total. The lowest BCUT2D eigenvalue weighted by atomic mass is 10.1. The van der Waals surface area contributed by atoms with Gasteiger partial charge in [-0.05, 0) is 18.1 Å². The van der Waals surface area contributed by atoms with Gasteiger partial charge in [-0.1, -0.05) is 34.3 Å². The maximum atomic E-state index is 5.28. The monoisotopic (exact) mass is 251 g/mol. The summed E-state index contributed by atoms with van der Waals surface area (Å²) in [5.74, 6) is 1.91. The zero-order valence-electron chi connectivity index (χ0n) is 12.3. The Morgan fingerprint density at radius 3 is 2.22 bits per heavy atom. The van der Waals surface area contributed by atoms with Crippen molar-refractivity contribution in [2.45, 2.75) is 27.7 Å². The third-order valence-corrected chi connectivity index (χ3v) is 2.40. The highest BCUT2D eigenvalue weighted by Crippen LogP contribution is 2.30. The molecule has 1 rings (SSSR count). The van der Waals surface area contributed by atoms with Crippen LogP contribution in [0.2, 0.25) is 0 Å². The average Bonchev–Trinajstić information content (AvgIpc) is 2.41. The van der Waals surface area contributed by atoms with Crippen molar-refractivity contribution in [1.29, 1.82) is 0 Å². The van der Waals surface area contributed by atoms with Crippen LogP contribution in [-0.4, -0.2) is 14.2 Å². The molecule has 0 saturated heterocycles. The third-order valence-electron chi connectivity index (χ3n) is 2.40. The lowest BCUT2D eigenvalue weighted by Gasteiger charge is -2.16. The van der Waals surface area contributed by atoms with Crippen LogP contribution in [0, 0.1) is 5.92 Å². The van der Waals surface area contributed by atoms with Crippen LogP contribution in [0.4, 0.5) is 5.69 Å². The van der Waals surface area contributed by atoms with Gasteiger partial charge in [0, 0.05) is 11.8 Å². The Bertz CT molecular complexity index is 373. The number of rotatable bonds is 5. The molecule has 3 heteroatoms. The topological polar surface area (TPSA) is 30.5 Å². The summed E-state index contributed by atoms with van der Waals surface area (Å²) >= 11 is 0. The molecule has 0 heterocycles. The van der Waals surface area contributed by atoms with Crippen molar-refractivity contribution >= 4 is 5.69 Å². The Balaban J connectivity index is 0.00000137. The number of benzene rings is 1. The van der Waals surface area contributed by atoms with Crippen LogP contribution in [0.25, 0.3) is 0 Å². The van der Waals surface area contributed by atoms with Crippen LogP contribution in [-0.2, 0) is 0 Å². The molecule has 0 aromatic heterocycles. The van der Waals surface area contributed by atoms with E-state index in [9.17, 15) is 0 Å². The molecular formula is C15H25NO2. The van der Waals surface area contributed by atoms with E-state index in [1.807, 2.05) is 32.0 Å². The van der Waals surface area contributed by atoms with E-state index < -0.39 is 0 Å². The molecule has 0 unspecified atom stereocenters. The highest BCUT2D eigenvalue weighted by Gasteiger charge is 2.07. The van der Waals surface area contributed by atoms with Crippen LogP contribution in [0.1, 0.15) is 27.7 Å². The summed E-state index contributed by atoms with van der Waals surface area (Å²) in [6.07, 6.45) is 0. The molecule has 0 aliphatic carbocycles. The lowest BCUT2D eigenvalue weighted by molar-refractivity contribution is 0.395. The first-order valence-corrected chi connectivity index (χ1v) is 6.26. The van der Waals surface area contributed by atoms with Crippen molar-refractivity contribution in [2.75, 3.05) is 19.5 Å². The molecular weight excluding hydrogens is 226 g/mol. The maximum Gasteiger partial charge on any atom is 0.145 e. The van der Waals surface area contributed by atoms with Gasteiger partial charge in [0.15, 0.2) is 0 Å². The van der Waals surface area contributed by atoms with Gasteiger partial charge in [0.05, 0.1) is 19.9 Å². The first kappa shape index (κ1) is 16.4. The van der Waals surface area contributed by atoms with E-state index in [0.717, 1.165) is 22.9 Å². The Hall–Kier alpha value is -1.64. The predicted molar refractivity (Wildman–Crippen MR) is 78.5 cm³/mol. The Labute approximate surface area is 111 Å². The standard InChI is InChI=1S/C13H19NO2.C2H6/c1-9(2)10(3)14-12-7-6-11(15-4)8-13(12)16-5;1-2/h6-9,14H,3H2,1-2,4-5H3;1-2H3. The van der Waals surface area contributed by atoms with Crippen molar-refractivity contribution < 1.29 is 9.47 Å². The molecule has 0 fully saturated rings. The minimum absolute atomic E-state index is 0.381. The van der Waals surface area contributed by atoms with Gasteiger partial charge in [-0.25, -0.2) is 0 Å². The molecule has 0 radical (unpaired) electrons. The van der Waals surface area contributed by atoms with Crippen LogP contribution >= 0.6 is 0 Å². The maximum absolute atomic E-state index is 5.28. The molecule has 0 amide bonds. The molecule has 0 aliphatic rings. The fraction of sp³-hybridized carbons (Fsp3) is 0.467. The lowest BCUT2D eigenvalue weighted by Crippen LogP contribution is -2.05. The van der Waals surface area contributed by atoms with E-state index in [1.165, 1.54) is 0 Å². The zero-order valence-corrected chi connectivity index (χ0v) is 12.3. The Kier molecular flexibility index (Phi) is 7.68. The quantitative estimate of drug-likeness (QED) is 0.845. The molecule has 1 N–H and O–H groups in total. The smallest absolute Gasteiger partial charge is 0.145 e. The molecule has 0 saturated carbocycles. The van der Waals surface area contributed by atoms with Crippen molar-refractivity contribution in [2.24, 2.45) is 5.92 Å². The van der Waals surface area contributed by atoms with Crippen LogP contribution in [0.5, 0.6) is 11.5 Å². The number of allylic oxidation sites excluding steroid dienone is 1. The molecule has 0 aliphatic heterocycles. The van der Waals surface area contributed by atoms with Gasteiger partial charge in [0.25, 0.3) is 0 Å². The summed E-state index contributed by atoms with van der Waals surface area (Å²) in [5.41, 5.74) is 1.87. The number of hydrogen-bond acceptors (Lipinski definition) is 3. The van der Waals surface area contributed by atoms with Crippen molar-refractivity contribution in [3.05, 3.63) is 30.5 Å². The molecule has 0 spiro atoms. The van der Waals surface area contributed by atoms with Crippen molar-refractivity contribution in [1.82, 2.24) is 0 Å². The SMILES string of the molecule is C=C(Nc1ccc(OC)cc1OC)C(C)C.CC. The van der Waals surface area contributed by atoms with Crippen LogP contribution in [0.15, 0.2) is 30.5 Å². The van der Waals surface area contributed by atoms with Crippen molar-refractivity contribution in [3.8, 4) is 11.5 Å². The van der Waals surface area contributed by atoms with Crippen LogP contribution in [0.3, 0.4) is 0 Å². The van der Waals surface area contributed by atoms with E-state index in [0.29, 0.717) is 5.92 Å². The highest BCUT2D eigenvalue weighted by atomic mass is 16.5. The van der Waals surface area contributed by atoms with Gasteiger partial charge < -0.3 is 14.8 Å². The molecule has 0 bridgehead atoms. The van der Waals surface area contributed by atoms with Gasteiger partial charge in [-0.15, -0.1) is 0 Å². The van der Waals surface area contributed by atoms with Gasteiger partial charge in [0.2, 0.25) is 0 Å². The highest BCUT2D eigenvalue weighted by molar-refractivity contribution is 5.61. The number of hydrogen-bond donors (Lipinski definition) is 1. The van der Waals surface area contributed by atoms with E-state index >= 15 is 0 Å². The van der Waals surface area contributed by atoms with Gasteiger partial charge >= 0.3 is 0 Å². The van der Waals surface area contributed by atoms with Gasteiger partial charge in [0.1, 0.15) is 11.5 Å². The summed E-state index contributed by atoms with van der Waals surface area (Å²) in [6.45, 7) is 12.1. The molecule has 1 aromatic carbocycles. The van der Waals surface area contributed by atoms with E-state index in [-0.39, 0.29) is 0 Å². The first-order valence-electron chi connectivity index (χ1n) is 6.26. The zero-order chi connectivity index (χ0) is 14.1. The molecule has 18 heavy (non-hydrogen) atoms. The number of methoxy groups -OCH3 is 2. The fourth-order valence-corrected chi connectivity index (χ4v) is 1.22. The molecule has 0 atom stereocenters. The largest absolute Gasteiger partial charge is 0.497 e. The summed E-state index contributed by atoms with van der Waals surface area (Å²) < 4.78 is 10.4. The average molecular weight is 251 g/mol. The van der Waals surface area contributed by atoms with E-state index in [4.69, 9.17) is 9.47 Å². The third kappa shape index (κ3) is 4.70. The minimum Gasteiger partial charge on any atom is -0.497 e. The van der Waals surface area contributed by atoms with E-state index in [1.54, 1.807) is 14.2 Å². The minimum atomic E-state index is 0.381. The summed E-state index contributed by atoms with van der Waals surface area (Å²) in [4.78, 5) is 0. The fourth-order valence-electron chi connectivity index (χ4n) is 1.22. The Morgan fingerprint density at radius 2 is 1.78 bits per heavy atom. The Morgan fingerprint density at radius 1 is 1.17 bits per heavy atom. The second kappa shape index (κ2) is 8.45. The molecule has 102 valence electrons. The summed E-state index contributed by atoms with van der Waals surface area (Å²) in [5, 5.41) is 3.24. The first-order chi connectivity index (χ1) is 8.58. The van der Waals surface area contributed by atoms with Crippen LogP contribution < -0.4 is 14.8 Å². The van der Waals surface area contributed by atoms with E-state index in [2.05, 4.69) is 25.7 Å². The second-order valence-electron chi connectivity index (χ2n) is 3.87. The number of nitrogens with one attached hydrogen (secondary N) is 1. The number of anilines is 1.